The van der Waals surface area contributed by atoms with E-state index in [1.807, 2.05) is 13.8 Å². The monoisotopic (exact) mass is 373 g/mol. The maximum Gasteiger partial charge on any atom is 0.314 e. The number of imide groups is 1. The van der Waals surface area contributed by atoms with Crippen LogP contribution >= 0.6 is 11.6 Å². The first kappa shape index (κ1) is 19.7. The summed E-state index contributed by atoms with van der Waals surface area (Å²) < 4.78 is 5.11. The minimum absolute atomic E-state index is 0.0299. The van der Waals surface area contributed by atoms with Crippen LogP contribution in [0.5, 0.6) is 0 Å². The summed E-state index contributed by atoms with van der Waals surface area (Å²) in [6.45, 7) is 3.26. The molecule has 0 spiro atoms. The molecule has 0 aliphatic rings. The lowest BCUT2D eigenvalue weighted by atomic mass is 9.88. The number of benzene rings is 2. The number of ether oxygens (including phenoxy) is 1. The molecule has 1 atom stereocenters. The Balaban J connectivity index is 1.94. The van der Waals surface area contributed by atoms with E-state index in [2.05, 4.69) is 5.32 Å². The Hall–Kier alpha value is -2.66. The summed E-state index contributed by atoms with van der Waals surface area (Å²) >= 11 is 5.88. The summed E-state index contributed by atoms with van der Waals surface area (Å²) in [4.78, 5) is 36.2. The Bertz CT molecular complexity index is 772. The summed E-state index contributed by atoms with van der Waals surface area (Å²) in [5.74, 6) is -2.29. The molecule has 0 fully saturated rings. The molecule has 0 saturated carbocycles. The van der Waals surface area contributed by atoms with E-state index in [9.17, 15) is 14.4 Å². The van der Waals surface area contributed by atoms with Crippen molar-refractivity contribution in [2.45, 2.75) is 19.8 Å². The summed E-state index contributed by atoms with van der Waals surface area (Å²) in [6, 6.07) is 15.2. The molecular formula is C20H20ClNO4. The third-order valence-corrected chi connectivity index (χ3v) is 4.04. The smallest absolute Gasteiger partial charge is 0.314 e. The molecule has 0 aliphatic carbocycles. The fourth-order valence-corrected chi connectivity index (χ4v) is 2.64. The molecule has 2 rings (SSSR count). The van der Waals surface area contributed by atoms with Crippen LogP contribution in [0.3, 0.4) is 0 Å². The normalized spacial score (nSPS) is 11.7. The average molecular weight is 374 g/mol. The first-order valence-corrected chi connectivity index (χ1v) is 8.57. The summed E-state index contributed by atoms with van der Waals surface area (Å²) in [5.41, 5.74) is 1.11. The molecule has 136 valence electrons. The summed E-state index contributed by atoms with van der Waals surface area (Å²) in [5, 5.41) is 2.77. The quantitative estimate of drug-likeness (QED) is 0.785. The van der Waals surface area contributed by atoms with Gasteiger partial charge in [0.1, 0.15) is 0 Å². The van der Waals surface area contributed by atoms with Gasteiger partial charge in [-0.1, -0.05) is 55.8 Å². The van der Waals surface area contributed by atoms with Gasteiger partial charge in [0, 0.05) is 10.6 Å². The Morgan fingerprint density at radius 1 is 1.00 bits per heavy atom. The van der Waals surface area contributed by atoms with Gasteiger partial charge in [-0.25, -0.2) is 0 Å². The van der Waals surface area contributed by atoms with Gasteiger partial charge < -0.3 is 4.74 Å². The molecule has 5 nitrogen and oxygen atoms in total. The van der Waals surface area contributed by atoms with Crippen LogP contribution in [0.25, 0.3) is 0 Å². The first-order chi connectivity index (χ1) is 12.4. The van der Waals surface area contributed by atoms with Gasteiger partial charge in [0.05, 0.1) is 5.92 Å². The SMILES string of the molecule is CC(C)C(C(=O)OCC(=O)NC(=O)c1ccccc1)c1ccc(Cl)cc1. The minimum atomic E-state index is -0.675. The van der Waals surface area contributed by atoms with Crippen molar-refractivity contribution < 1.29 is 19.1 Å². The molecule has 0 aliphatic heterocycles. The van der Waals surface area contributed by atoms with E-state index in [-0.39, 0.29) is 5.92 Å². The number of hydrogen-bond acceptors (Lipinski definition) is 4. The first-order valence-electron chi connectivity index (χ1n) is 8.20. The standard InChI is InChI=1S/C20H20ClNO4/c1-13(2)18(14-8-10-16(21)11-9-14)20(25)26-12-17(23)22-19(24)15-6-4-3-5-7-15/h3-11,13,18H,12H2,1-2H3,(H,22,23,24). The molecule has 2 aromatic rings. The van der Waals surface area contributed by atoms with Crippen molar-refractivity contribution in [3.63, 3.8) is 0 Å². The Labute approximate surface area is 157 Å². The molecule has 1 N–H and O–H groups in total. The van der Waals surface area contributed by atoms with Gasteiger partial charge in [-0.3, -0.25) is 19.7 Å². The molecule has 2 aromatic carbocycles. The van der Waals surface area contributed by atoms with E-state index in [0.717, 1.165) is 5.56 Å². The number of nitrogens with one attached hydrogen (secondary N) is 1. The number of esters is 1. The van der Waals surface area contributed by atoms with Gasteiger partial charge in [-0.2, -0.15) is 0 Å². The summed E-state index contributed by atoms with van der Waals surface area (Å²) in [6.07, 6.45) is 0. The zero-order chi connectivity index (χ0) is 19.1. The van der Waals surface area contributed by atoms with E-state index in [1.165, 1.54) is 0 Å². The number of carbonyl (C=O) groups is 3. The highest BCUT2D eigenvalue weighted by molar-refractivity contribution is 6.30. The van der Waals surface area contributed by atoms with Gasteiger partial charge >= 0.3 is 5.97 Å². The van der Waals surface area contributed by atoms with E-state index in [4.69, 9.17) is 16.3 Å². The second-order valence-corrected chi connectivity index (χ2v) is 6.56. The van der Waals surface area contributed by atoms with Crippen molar-refractivity contribution in [1.29, 1.82) is 0 Å². The van der Waals surface area contributed by atoms with Gasteiger partial charge in [-0.15, -0.1) is 0 Å². The molecule has 1 unspecified atom stereocenters. The largest absolute Gasteiger partial charge is 0.455 e. The molecule has 0 heterocycles. The van der Waals surface area contributed by atoms with Crippen LogP contribution in [0.1, 0.15) is 35.7 Å². The summed E-state index contributed by atoms with van der Waals surface area (Å²) in [7, 11) is 0. The number of halogens is 1. The predicted molar refractivity (Wildman–Crippen MR) is 98.9 cm³/mol. The lowest BCUT2D eigenvalue weighted by molar-refractivity contribution is -0.150. The van der Waals surface area contributed by atoms with Crippen LogP contribution < -0.4 is 5.32 Å². The van der Waals surface area contributed by atoms with Crippen molar-refractivity contribution in [2.75, 3.05) is 6.61 Å². The van der Waals surface area contributed by atoms with E-state index < -0.39 is 30.3 Å². The van der Waals surface area contributed by atoms with Crippen LogP contribution in [-0.2, 0) is 14.3 Å². The highest BCUT2D eigenvalue weighted by Crippen LogP contribution is 2.27. The van der Waals surface area contributed by atoms with Crippen molar-refractivity contribution in [3.05, 3.63) is 70.7 Å². The number of carbonyl (C=O) groups excluding carboxylic acids is 3. The molecule has 26 heavy (non-hydrogen) atoms. The third-order valence-electron chi connectivity index (χ3n) is 3.78. The molecular weight excluding hydrogens is 354 g/mol. The van der Waals surface area contributed by atoms with Gasteiger partial charge in [-0.05, 0) is 35.7 Å². The van der Waals surface area contributed by atoms with Gasteiger partial charge in [0.25, 0.3) is 11.8 Å². The lowest BCUT2D eigenvalue weighted by Gasteiger charge is -2.19. The van der Waals surface area contributed by atoms with E-state index >= 15 is 0 Å². The number of rotatable bonds is 6. The maximum atomic E-state index is 12.4. The Kier molecular flexibility index (Phi) is 6.92. The average Bonchev–Trinajstić information content (AvgIpc) is 2.62. The lowest BCUT2D eigenvalue weighted by Crippen LogP contribution is -2.35. The fraction of sp³-hybridized carbons (Fsp3) is 0.250. The molecule has 0 aromatic heterocycles. The van der Waals surface area contributed by atoms with E-state index in [0.29, 0.717) is 10.6 Å². The molecule has 0 radical (unpaired) electrons. The second kappa shape index (κ2) is 9.15. The molecule has 0 saturated heterocycles. The maximum absolute atomic E-state index is 12.4. The second-order valence-electron chi connectivity index (χ2n) is 6.12. The minimum Gasteiger partial charge on any atom is -0.455 e. The predicted octanol–water partition coefficient (Wildman–Crippen LogP) is 3.58. The Morgan fingerprint density at radius 2 is 1.62 bits per heavy atom. The zero-order valence-corrected chi connectivity index (χ0v) is 15.3. The van der Waals surface area contributed by atoms with Crippen molar-refractivity contribution >= 4 is 29.4 Å². The van der Waals surface area contributed by atoms with Gasteiger partial charge in [0.15, 0.2) is 6.61 Å². The van der Waals surface area contributed by atoms with Crippen LogP contribution in [0.2, 0.25) is 5.02 Å². The highest BCUT2D eigenvalue weighted by atomic mass is 35.5. The van der Waals surface area contributed by atoms with E-state index in [1.54, 1.807) is 54.6 Å². The van der Waals surface area contributed by atoms with Crippen molar-refractivity contribution in [2.24, 2.45) is 5.92 Å². The number of hydrogen-bond donors (Lipinski definition) is 1. The molecule has 6 heteroatoms. The van der Waals surface area contributed by atoms with Crippen molar-refractivity contribution in [1.82, 2.24) is 5.32 Å². The fourth-order valence-electron chi connectivity index (χ4n) is 2.51. The van der Waals surface area contributed by atoms with Gasteiger partial charge in [0.2, 0.25) is 0 Å². The molecule has 0 bridgehead atoms. The topological polar surface area (TPSA) is 72.5 Å². The van der Waals surface area contributed by atoms with Crippen LogP contribution in [-0.4, -0.2) is 24.4 Å². The van der Waals surface area contributed by atoms with Crippen LogP contribution in [0, 0.1) is 5.92 Å². The van der Waals surface area contributed by atoms with Crippen LogP contribution in [0.4, 0.5) is 0 Å². The zero-order valence-electron chi connectivity index (χ0n) is 14.6. The molecule has 2 amide bonds. The Morgan fingerprint density at radius 3 is 2.19 bits per heavy atom. The third kappa shape index (κ3) is 5.43. The van der Waals surface area contributed by atoms with Crippen molar-refractivity contribution in [3.8, 4) is 0 Å². The number of amides is 2. The highest BCUT2D eigenvalue weighted by Gasteiger charge is 2.26. The van der Waals surface area contributed by atoms with Crippen LogP contribution in [0.15, 0.2) is 54.6 Å².